The molecule has 0 radical (unpaired) electrons. The predicted molar refractivity (Wildman–Crippen MR) is 270 cm³/mol. The Balaban J connectivity index is 0.000000131. The molecule has 2 aliphatic carbocycles. The number of pyridine rings is 3. The molecule has 7 nitrogen and oxygen atoms in total. The van der Waals surface area contributed by atoms with Crippen molar-refractivity contribution in [3.63, 3.8) is 0 Å². The lowest BCUT2D eigenvalue weighted by Crippen LogP contribution is -2.52. The fraction of sp³-hybridized carbons (Fsp3) is 0.149. The second-order valence-electron chi connectivity index (χ2n) is 14.8. The highest BCUT2D eigenvalue weighted by molar-refractivity contribution is 9.15. The van der Waals surface area contributed by atoms with Gasteiger partial charge in [0.15, 0.2) is 0 Å². The van der Waals surface area contributed by atoms with Crippen LogP contribution >= 0.6 is 94.2 Å². The second kappa shape index (κ2) is 19.7. The van der Waals surface area contributed by atoms with Crippen molar-refractivity contribution < 1.29 is 5.02 Å². The minimum atomic E-state index is -0.404. The average molecular weight is 1090 g/mol. The van der Waals surface area contributed by atoms with E-state index in [4.69, 9.17) is 51.4 Å². The topological polar surface area (TPSA) is 82.5 Å². The van der Waals surface area contributed by atoms with E-state index >= 15 is 0 Å². The molecule has 0 saturated carbocycles. The van der Waals surface area contributed by atoms with E-state index in [0.717, 1.165) is 94.6 Å². The molecule has 10 rings (SSSR count). The summed E-state index contributed by atoms with van der Waals surface area (Å²) in [5.74, 6) is 0. The van der Waals surface area contributed by atoms with E-state index in [1.54, 1.807) is 30.6 Å². The summed E-state index contributed by atoms with van der Waals surface area (Å²) in [6.45, 7) is 5.27. The number of alkyl halides is 1. The third-order valence-corrected chi connectivity index (χ3v) is 14.1. The van der Waals surface area contributed by atoms with Gasteiger partial charge in [0, 0.05) is 89.4 Å². The summed E-state index contributed by atoms with van der Waals surface area (Å²) in [5, 5.41) is 13.8. The molecule has 1 N–H and O–H groups in total. The fourth-order valence-electron chi connectivity index (χ4n) is 7.91. The molecule has 0 spiro atoms. The van der Waals surface area contributed by atoms with E-state index in [0.29, 0.717) is 20.9 Å². The van der Waals surface area contributed by atoms with Crippen LogP contribution in [-0.2, 0) is 0 Å². The lowest BCUT2D eigenvalue weighted by atomic mass is 9.84. The number of piperazine rings is 1. The van der Waals surface area contributed by atoms with E-state index in [2.05, 4.69) is 85.7 Å². The standard InChI is InChI=1S/C19H20BBrClN3O.C14H8BrCl2N.C14H7BrClNO/c1-20(26)25-9-7-24(8-10-25)19-15-5-4-14(22)12-16(15)17(21)11-13-3-2-6-23-18(13)19;15-12-6-8-2-1-5-18-14(8)13(17)10-4-3-9(16)7-11(10)12;15-12-6-8-2-1-5-17-13(8)14(18)10-4-3-9(16)7-11(10)12/h2-6,11-12,19,26H,7-10H2,1H3;1-7,13H;1-7H. The van der Waals surface area contributed by atoms with E-state index in [1.807, 2.05) is 85.8 Å². The molecule has 62 heavy (non-hydrogen) atoms. The van der Waals surface area contributed by atoms with Gasteiger partial charge in [-0.15, -0.1) is 11.6 Å². The Labute approximate surface area is 404 Å². The van der Waals surface area contributed by atoms with Crippen LogP contribution in [0.25, 0.3) is 42.8 Å². The first-order chi connectivity index (χ1) is 29.9. The smallest absolute Gasteiger partial charge is 0.376 e. The van der Waals surface area contributed by atoms with Crippen LogP contribution < -0.4 is 5.43 Å². The van der Waals surface area contributed by atoms with Crippen LogP contribution in [0.15, 0.2) is 125 Å². The molecule has 312 valence electrons. The largest absolute Gasteiger partial charge is 0.437 e. The molecule has 3 aliphatic rings. The Bertz CT molecular complexity index is 2970. The van der Waals surface area contributed by atoms with Crippen molar-refractivity contribution in [3.05, 3.63) is 190 Å². The maximum atomic E-state index is 12.4. The van der Waals surface area contributed by atoms with Gasteiger partial charge in [-0.1, -0.05) is 113 Å². The number of halogens is 7. The van der Waals surface area contributed by atoms with Crippen LogP contribution in [0.1, 0.15) is 56.2 Å². The van der Waals surface area contributed by atoms with E-state index in [-0.39, 0.29) is 16.8 Å². The first kappa shape index (κ1) is 45.1. The zero-order valence-electron chi connectivity index (χ0n) is 32.9. The van der Waals surface area contributed by atoms with Gasteiger partial charge in [0.2, 0.25) is 5.43 Å². The summed E-state index contributed by atoms with van der Waals surface area (Å²) in [6, 6.07) is 30.7. The molecule has 3 aromatic heterocycles. The Morgan fingerprint density at radius 1 is 0.661 bits per heavy atom. The summed E-state index contributed by atoms with van der Waals surface area (Å²) in [7, 11) is -0.404. The Hall–Kier alpha value is -3.46. The minimum Gasteiger partial charge on any atom is -0.437 e. The van der Waals surface area contributed by atoms with Gasteiger partial charge >= 0.3 is 7.05 Å². The van der Waals surface area contributed by atoms with Gasteiger partial charge in [0.25, 0.3) is 0 Å². The first-order valence-corrected chi connectivity index (χ1v) is 23.5. The molecule has 2 atom stereocenters. The third kappa shape index (κ3) is 9.64. The van der Waals surface area contributed by atoms with Gasteiger partial charge in [0.1, 0.15) is 10.9 Å². The predicted octanol–water partition coefficient (Wildman–Crippen LogP) is 13.2. The summed E-state index contributed by atoms with van der Waals surface area (Å²) in [4.78, 5) is 30.3. The van der Waals surface area contributed by atoms with Crippen LogP contribution in [-0.4, -0.2) is 62.9 Å². The highest BCUT2D eigenvalue weighted by Crippen LogP contribution is 2.43. The van der Waals surface area contributed by atoms with Crippen molar-refractivity contribution in [3.8, 4) is 0 Å². The van der Waals surface area contributed by atoms with E-state index < -0.39 is 7.05 Å². The molecule has 1 saturated heterocycles. The van der Waals surface area contributed by atoms with Gasteiger partial charge in [-0.25, -0.2) is 0 Å². The molecule has 2 unspecified atom stereocenters. The molecule has 0 bridgehead atoms. The number of nitrogens with zero attached hydrogens (tertiary/aromatic N) is 5. The maximum Gasteiger partial charge on any atom is 0.376 e. The van der Waals surface area contributed by atoms with Crippen LogP contribution in [0.2, 0.25) is 21.9 Å². The highest BCUT2D eigenvalue weighted by Gasteiger charge is 2.33. The average Bonchev–Trinajstić information content (AvgIpc) is 3.52. The number of benzene rings is 3. The maximum absolute atomic E-state index is 12.4. The quantitative estimate of drug-likeness (QED) is 0.136. The van der Waals surface area contributed by atoms with Crippen LogP contribution in [0.4, 0.5) is 0 Å². The lowest BCUT2D eigenvalue weighted by molar-refractivity contribution is 0.144. The Morgan fingerprint density at radius 2 is 1.21 bits per heavy atom. The molecule has 7 aromatic rings. The Morgan fingerprint density at radius 3 is 1.87 bits per heavy atom. The van der Waals surface area contributed by atoms with E-state index in [9.17, 15) is 9.82 Å². The zero-order valence-corrected chi connectivity index (χ0v) is 40.7. The fourth-order valence-corrected chi connectivity index (χ4v) is 10.6. The summed E-state index contributed by atoms with van der Waals surface area (Å²) in [5.41, 5.74) is 8.82. The number of aromatic nitrogens is 3. The lowest BCUT2D eigenvalue weighted by Gasteiger charge is -2.40. The van der Waals surface area contributed by atoms with Gasteiger partial charge in [-0.05, 0) is 119 Å². The monoisotopic (exact) mass is 1090 g/mol. The van der Waals surface area contributed by atoms with Crippen molar-refractivity contribution in [2.75, 3.05) is 26.2 Å². The van der Waals surface area contributed by atoms with Crippen molar-refractivity contribution in [2.45, 2.75) is 18.2 Å². The van der Waals surface area contributed by atoms with Crippen molar-refractivity contribution in [1.82, 2.24) is 24.7 Å². The van der Waals surface area contributed by atoms with Crippen molar-refractivity contribution in [1.29, 1.82) is 0 Å². The number of fused-ring (bicyclic) bond motifs is 6. The Kier molecular flexibility index (Phi) is 14.4. The van der Waals surface area contributed by atoms with Crippen LogP contribution in [0, 0.1) is 0 Å². The van der Waals surface area contributed by atoms with Crippen LogP contribution in [0.3, 0.4) is 0 Å². The first-order valence-electron chi connectivity index (χ1n) is 19.6. The second-order valence-corrected chi connectivity index (χ2v) is 19.1. The normalized spacial score (nSPS) is 17.0. The van der Waals surface area contributed by atoms with Gasteiger partial charge in [0.05, 0.1) is 17.4 Å². The minimum absolute atomic E-state index is 0.0703. The summed E-state index contributed by atoms with van der Waals surface area (Å²) < 4.78 is 2.83. The zero-order chi connectivity index (χ0) is 43.7. The SMILES string of the molecule is CB(O)N1CCN(C2c3ccc(Cl)cc3C(Br)=Cc3cccnc32)CC1.Clc1ccc2c(c1)C(Br)=Cc1cccnc1C2Cl.O=c1c2ccc(Cl)cc2c(Br)cc2cccnc12. The molecule has 4 heterocycles. The number of hydrogen-bond donors (Lipinski definition) is 1. The molecule has 1 aliphatic heterocycles. The molecule has 15 heteroatoms. The van der Waals surface area contributed by atoms with E-state index in [1.165, 1.54) is 5.56 Å². The van der Waals surface area contributed by atoms with Crippen LogP contribution in [0.5, 0.6) is 0 Å². The highest BCUT2D eigenvalue weighted by atomic mass is 79.9. The summed E-state index contributed by atoms with van der Waals surface area (Å²) >= 11 is 35.7. The summed E-state index contributed by atoms with van der Waals surface area (Å²) in [6.07, 6.45) is 9.40. The van der Waals surface area contributed by atoms with Gasteiger partial charge < -0.3 is 9.83 Å². The molecule has 4 aromatic carbocycles. The molecular formula is C47H35BBr3Cl4N5O2. The number of hydrogen-bond acceptors (Lipinski definition) is 7. The molecule has 0 amide bonds. The van der Waals surface area contributed by atoms with Crippen molar-refractivity contribution >= 4 is 144 Å². The number of rotatable bonds is 2. The molecular weight excluding hydrogens is 1060 g/mol. The third-order valence-electron chi connectivity index (χ3n) is 11.0. The molecule has 1 fully saturated rings. The van der Waals surface area contributed by atoms with Gasteiger partial charge in [-0.3, -0.25) is 24.6 Å². The van der Waals surface area contributed by atoms with Gasteiger partial charge in [-0.2, -0.15) is 0 Å². The van der Waals surface area contributed by atoms with Crippen molar-refractivity contribution in [2.24, 2.45) is 0 Å².